The van der Waals surface area contributed by atoms with Crippen molar-refractivity contribution in [2.24, 2.45) is 0 Å². The van der Waals surface area contributed by atoms with Crippen molar-refractivity contribution in [2.75, 3.05) is 0 Å². The minimum Gasteiger partial charge on any atom is -0.354 e. The van der Waals surface area contributed by atoms with Crippen molar-refractivity contribution in [3.8, 4) is 11.1 Å². The molecule has 6 rings (SSSR count). The second-order valence-corrected chi connectivity index (χ2v) is 7.92. The van der Waals surface area contributed by atoms with E-state index >= 15 is 0 Å². The predicted molar refractivity (Wildman–Crippen MR) is 111 cm³/mol. The molecule has 0 unspecified atom stereocenters. The number of benzene rings is 4. The Morgan fingerprint density at radius 1 is 0.692 bits per heavy atom. The zero-order valence-corrected chi connectivity index (χ0v) is 14.9. The van der Waals surface area contributed by atoms with Gasteiger partial charge in [0.25, 0.3) is 0 Å². The lowest BCUT2D eigenvalue weighted by Gasteiger charge is -2.22. The van der Waals surface area contributed by atoms with Crippen LogP contribution in [0.1, 0.15) is 25.0 Å². The van der Waals surface area contributed by atoms with Crippen LogP contribution in [0.25, 0.3) is 43.7 Å². The normalized spacial score (nSPS) is 14.8. The van der Waals surface area contributed by atoms with Gasteiger partial charge in [0.1, 0.15) is 0 Å². The van der Waals surface area contributed by atoms with Crippen molar-refractivity contribution in [2.45, 2.75) is 19.3 Å². The summed E-state index contributed by atoms with van der Waals surface area (Å²) in [5.41, 5.74) is 8.10. The van der Waals surface area contributed by atoms with E-state index in [2.05, 4.69) is 91.6 Å². The minimum atomic E-state index is 0.00210. The highest BCUT2D eigenvalue weighted by molar-refractivity contribution is 6.21. The van der Waals surface area contributed by atoms with Gasteiger partial charge in [0.2, 0.25) is 0 Å². The van der Waals surface area contributed by atoms with Crippen molar-refractivity contribution in [3.63, 3.8) is 0 Å². The third-order valence-electron chi connectivity index (χ3n) is 6.18. The van der Waals surface area contributed by atoms with Crippen molar-refractivity contribution >= 4 is 32.6 Å². The third kappa shape index (κ3) is 1.56. The van der Waals surface area contributed by atoms with Gasteiger partial charge in [-0.3, -0.25) is 0 Å². The fourth-order valence-corrected chi connectivity index (χ4v) is 5.01. The summed E-state index contributed by atoms with van der Waals surface area (Å²) < 4.78 is 0. The molecule has 0 atom stereocenters. The van der Waals surface area contributed by atoms with Crippen LogP contribution in [0.3, 0.4) is 0 Å². The van der Waals surface area contributed by atoms with E-state index in [4.69, 9.17) is 0 Å². The Labute approximate surface area is 152 Å². The third-order valence-corrected chi connectivity index (χ3v) is 6.18. The van der Waals surface area contributed by atoms with Crippen LogP contribution in [0.5, 0.6) is 0 Å². The molecule has 1 heteroatoms. The molecule has 0 fully saturated rings. The first-order valence-corrected chi connectivity index (χ1v) is 9.23. The largest absolute Gasteiger partial charge is 0.354 e. The number of aromatic nitrogens is 1. The summed E-state index contributed by atoms with van der Waals surface area (Å²) in [4.78, 5) is 3.76. The first-order chi connectivity index (χ1) is 12.7. The Kier molecular flexibility index (Phi) is 2.48. The number of aromatic amines is 1. The molecule has 0 bridgehead atoms. The summed E-state index contributed by atoms with van der Waals surface area (Å²) in [5, 5.41) is 5.29. The lowest BCUT2D eigenvalue weighted by molar-refractivity contribution is 0.665. The van der Waals surface area contributed by atoms with Crippen molar-refractivity contribution in [1.29, 1.82) is 0 Å². The smallest absolute Gasteiger partial charge is 0.0512 e. The van der Waals surface area contributed by atoms with Crippen molar-refractivity contribution in [3.05, 3.63) is 83.9 Å². The lowest BCUT2D eigenvalue weighted by Crippen LogP contribution is -2.15. The molecule has 0 spiro atoms. The summed E-state index contributed by atoms with van der Waals surface area (Å²) in [6, 6.07) is 26.6. The number of H-pyrrole nitrogens is 1. The molecule has 0 radical (unpaired) electrons. The predicted octanol–water partition coefficient (Wildman–Crippen LogP) is 6.78. The number of hydrogen-bond acceptors (Lipinski definition) is 0. The molecule has 26 heavy (non-hydrogen) atoms. The van der Waals surface area contributed by atoms with Crippen LogP contribution in [-0.2, 0) is 5.41 Å². The summed E-state index contributed by atoms with van der Waals surface area (Å²) >= 11 is 0. The Bertz CT molecular complexity index is 1350. The summed E-state index contributed by atoms with van der Waals surface area (Å²) in [5.74, 6) is 0. The zero-order valence-electron chi connectivity index (χ0n) is 14.9. The molecule has 124 valence electrons. The maximum absolute atomic E-state index is 3.76. The SMILES string of the molecule is CC1(C)c2ccccc2-c2ccc3c([nH]c4ccc5ccccc5c43)c21. The quantitative estimate of drug-likeness (QED) is 0.321. The second-order valence-electron chi connectivity index (χ2n) is 7.92. The number of hydrogen-bond donors (Lipinski definition) is 1. The molecular weight excluding hydrogens is 314 g/mol. The molecule has 1 aromatic heterocycles. The monoisotopic (exact) mass is 333 g/mol. The van der Waals surface area contributed by atoms with E-state index in [0.29, 0.717) is 0 Å². The molecule has 1 heterocycles. The summed E-state index contributed by atoms with van der Waals surface area (Å²) in [7, 11) is 0. The second kappa shape index (κ2) is 4.56. The number of nitrogens with one attached hydrogen (secondary N) is 1. The Balaban J connectivity index is 1.83. The van der Waals surface area contributed by atoms with Crippen LogP contribution in [0, 0.1) is 0 Å². The van der Waals surface area contributed by atoms with Gasteiger partial charge in [-0.25, -0.2) is 0 Å². The van der Waals surface area contributed by atoms with Crippen LogP contribution < -0.4 is 0 Å². The van der Waals surface area contributed by atoms with E-state index in [-0.39, 0.29) is 5.41 Å². The molecule has 1 aliphatic carbocycles. The topological polar surface area (TPSA) is 15.8 Å². The number of rotatable bonds is 0. The van der Waals surface area contributed by atoms with E-state index in [1.165, 1.54) is 54.8 Å². The highest BCUT2D eigenvalue weighted by atomic mass is 14.7. The minimum absolute atomic E-state index is 0.00210. The molecule has 0 aliphatic heterocycles. The van der Waals surface area contributed by atoms with Crippen molar-refractivity contribution in [1.82, 2.24) is 4.98 Å². The Morgan fingerprint density at radius 3 is 2.42 bits per heavy atom. The maximum Gasteiger partial charge on any atom is 0.0512 e. The van der Waals surface area contributed by atoms with Gasteiger partial charge in [0.05, 0.1) is 5.52 Å². The molecule has 0 saturated carbocycles. The van der Waals surface area contributed by atoms with Crippen LogP contribution in [-0.4, -0.2) is 4.98 Å². The van der Waals surface area contributed by atoms with Gasteiger partial charge >= 0.3 is 0 Å². The van der Waals surface area contributed by atoms with Gasteiger partial charge in [0, 0.05) is 21.7 Å². The molecule has 1 nitrogen and oxygen atoms in total. The van der Waals surface area contributed by atoms with Gasteiger partial charge in [0.15, 0.2) is 0 Å². The van der Waals surface area contributed by atoms with Gasteiger partial charge < -0.3 is 4.98 Å². The zero-order chi connectivity index (χ0) is 17.5. The Hall–Kier alpha value is -3.06. The van der Waals surface area contributed by atoms with Gasteiger partial charge in [-0.05, 0) is 39.1 Å². The van der Waals surface area contributed by atoms with E-state index in [9.17, 15) is 0 Å². The first-order valence-electron chi connectivity index (χ1n) is 9.23. The van der Waals surface area contributed by atoms with Crippen LogP contribution >= 0.6 is 0 Å². The average molecular weight is 333 g/mol. The molecule has 1 aliphatic rings. The van der Waals surface area contributed by atoms with E-state index in [0.717, 1.165) is 0 Å². The molecule has 1 N–H and O–H groups in total. The molecule has 0 amide bonds. The highest BCUT2D eigenvalue weighted by Crippen LogP contribution is 2.51. The van der Waals surface area contributed by atoms with Gasteiger partial charge in [-0.15, -0.1) is 0 Å². The van der Waals surface area contributed by atoms with Crippen LogP contribution in [0.2, 0.25) is 0 Å². The van der Waals surface area contributed by atoms with E-state index in [1.54, 1.807) is 0 Å². The van der Waals surface area contributed by atoms with Crippen LogP contribution in [0.4, 0.5) is 0 Å². The fourth-order valence-electron chi connectivity index (χ4n) is 5.01. The van der Waals surface area contributed by atoms with Crippen molar-refractivity contribution < 1.29 is 0 Å². The number of fused-ring (bicyclic) bond motifs is 9. The maximum atomic E-state index is 3.76. The first kappa shape index (κ1) is 14.1. The van der Waals surface area contributed by atoms with E-state index in [1.807, 2.05) is 0 Å². The molecule has 0 saturated heterocycles. The van der Waals surface area contributed by atoms with Gasteiger partial charge in [-0.1, -0.05) is 80.6 Å². The van der Waals surface area contributed by atoms with Crippen LogP contribution in [0.15, 0.2) is 72.8 Å². The molecule has 5 aromatic rings. The highest BCUT2D eigenvalue weighted by Gasteiger charge is 2.37. The summed E-state index contributed by atoms with van der Waals surface area (Å²) in [6.07, 6.45) is 0. The molecule has 4 aromatic carbocycles. The standard InChI is InChI=1S/C25H19N/c1-25(2)20-10-6-5-9-17(20)18-12-13-19-22-16-8-4-3-7-15(16)11-14-21(22)26-24(19)23(18)25/h3-14,26H,1-2H3. The summed E-state index contributed by atoms with van der Waals surface area (Å²) in [6.45, 7) is 4.70. The van der Waals surface area contributed by atoms with E-state index < -0.39 is 0 Å². The average Bonchev–Trinajstić information content (AvgIpc) is 3.15. The Morgan fingerprint density at radius 2 is 1.50 bits per heavy atom. The van der Waals surface area contributed by atoms with Gasteiger partial charge in [-0.2, -0.15) is 0 Å². The lowest BCUT2D eigenvalue weighted by atomic mass is 9.81. The molecular formula is C25H19N. The fraction of sp³-hybridized carbons (Fsp3) is 0.120.